The normalized spacial score (nSPS) is 10.6. The molecule has 1 heterocycles. The van der Waals surface area contributed by atoms with Gasteiger partial charge in [-0.15, -0.1) is 0 Å². The van der Waals surface area contributed by atoms with Gasteiger partial charge >= 0.3 is 0 Å². The van der Waals surface area contributed by atoms with Crippen LogP contribution in [-0.4, -0.2) is 30.6 Å². The first-order chi connectivity index (χ1) is 10.2. The third-order valence-corrected chi connectivity index (χ3v) is 3.20. The number of pyridine rings is 1. The van der Waals surface area contributed by atoms with E-state index in [1.165, 1.54) is 0 Å². The van der Waals surface area contributed by atoms with E-state index in [1.807, 2.05) is 6.07 Å². The van der Waals surface area contributed by atoms with Gasteiger partial charge < -0.3 is 10.1 Å². The topological polar surface area (TPSA) is 51.2 Å². The molecule has 4 nitrogen and oxygen atoms in total. The molecule has 1 N–H and O–H groups in total. The summed E-state index contributed by atoms with van der Waals surface area (Å²) in [5.74, 6) is -0.106. The highest BCUT2D eigenvalue weighted by atomic mass is 35.5. The van der Waals surface area contributed by atoms with Crippen LogP contribution < -0.4 is 5.32 Å². The van der Waals surface area contributed by atoms with E-state index in [0.29, 0.717) is 23.9 Å². The van der Waals surface area contributed by atoms with Crippen LogP contribution in [0.5, 0.6) is 0 Å². The molecular formula is C16H25ClN2O2. The molecule has 0 fully saturated rings. The van der Waals surface area contributed by atoms with E-state index in [2.05, 4.69) is 24.1 Å². The Bertz CT molecular complexity index is 438. The van der Waals surface area contributed by atoms with Gasteiger partial charge in [0.2, 0.25) is 0 Å². The van der Waals surface area contributed by atoms with Gasteiger partial charge in [0, 0.05) is 31.0 Å². The molecule has 0 aliphatic rings. The lowest BCUT2D eigenvalue weighted by molar-refractivity contribution is 0.0940. The zero-order chi connectivity index (χ0) is 15.5. The number of amides is 1. The molecule has 0 aromatic carbocycles. The second-order valence-corrected chi connectivity index (χ2v) is 5.38. The average molecular weight is 313 g/mol. The van der Waals surface area contributed by atoms with Gasteiger partial charge in [-0.05, 0) is 31.4 Å². The van der Waals surface area contributed by atoms with Crippen molar-refractivity contribution >= 4 is 17.5 Å². The summed E-state index contributed by atoms with van der Waals surface area (Å²) in [5, 5.41) is 3.25. The molecule has 0 unspecified atom stereocenters. The van der Waals surface area contributed by atoms with Crippen molar-refractivity contribution in [1.29, 1.82) is 0 Å². The Balaban J connectivity index is 2.34. The van der Waals surface area contributed by atoms with Gasteiger partial charge in [-0.25, -0.2) is 4.98 Å². The zero-order valence-electron chi connectivity index (χ0n) is 13.0. The SMILES string of the molecule is CCCCOCCCNC(=O)c1cc(Cl)nc(CCC)c1. The Morgan fingerprint density at radius 2 is 2.00 bits per heavy atom. The molecular weight excluding hydrogens is 288 g/mol. The minimum atomic E-state index is -0.106. The molecule has 118 valence electrons. The van der Waals surface area contributed by atoms with Gasteiger partial charge in [0.05, 0.1) is 0 Å². The summed E-state index contributed by atoms with van der Waals surface area (Å²) in [4.78, 5) is 16.3. The van der Waals surface area contributed by atoms with Crippen LogP contribution in [0.15, 0.2) is 12.1 Å². The summed E-state index contributed by atoms with van der Waals surface area (Å²) < 4.78 is 5.45. The molecule has 5 heteroatoms. The van der Waals surface area contributed by atoms with Crippen LogP contribution in [-0.2, 0) is 11.2 Å². The first-order valence-electron chi connectivity index (χ1n) is 7.69. The van der Waals surface area contributed by atoms with Gasteiger partial charge in [-0.2, -0.15) is 0 Å². The van der Waals surface area contributed by atoms with Gasteiger partial charge in [-0.3, -0.25) is 4.79 Å². The number of nitrogens with one attached hydrogen (secondary N) is 1. The number of ether oxygens (including phenoxy) is 1. The Hall–Kier alpha value is -1.13. The number of nitrogens with zero attached hydrogens (tertiary/aromatic N) is 1. The quantitative estimate of drug-likeness (QED) is 0.530. The van der Waals surface area contributed by atoms with Crippen LogP contribution >= 0.6 is 11.6 Å². The van der Waals surface area contributed by atoms with E-state index in [4.69, 9.17) is 16.3 Å². The van der Waals surface area contributed by atoms with Gasteiger partial charge in [0.25, 0.3) is 5.91 Å². The summed E-state index contributed by atoms with van der Waals surface area (Å²) in [5.41, 5.74) is 1.43. The fourth-order valence-electron chi connectivity index (χ4n) is 1.89. The van der Waals surface area contributed by atoms with Crippen molar-refractivity contribution in [2.24, 2.45) is 0 Å². The van der Waals surface area contributed by atoms with E-state index >= 15 is 0 Å². The minimum absolute atomic E-state index is 0.106. The van der Waals surface area contributed by atoms with E-state index in [-0.39, 0.29) is 5.91 Å². The summed E-state index contributed by atoms with van der Waals surface area (Å²) in [6, 6.07) is 3.41. The van der Waals surface area contributed by atoms with Crippen LogP contribution in [0.3, 0.4) is 0 Å². The number of hydrogen-bond acceptors (Lipinski definition) is 3. The largest absolute Gasteiger partial charge is 0.381 e. The van der Waals surface area contributed by atoms with Crippen molar-refractivity contribution in [3.63, 3.8) is 0 Å². The van der Waals surface area contributed by atoms with Crippen molar-refractivity contribution in [2.45, 2.75) is 46.0 Å². The van der Waals surface area contributed by atoms with Gasteiger partial charge in [0.15, 0.2) is 0 Å². The van der Waals surface area contributed by atoms with E-state index < -0.39 is 0 Å². The molecule has 21 heavy (non-hydrogen) atoms. The van der Waals surface area contributed by atoms with Crippen LogP contribution in [0, 0.1) is 0 Å². The molecule has 1 amide bonds. The highest BCUT2D eigenvalue weighted by molar-refractivity contribution is 6.29. The second-order valence-electron chi connectivity index (χ2n) is 5.00. The number of carbonyl (C=O) groups excluding carboxylic acids is 1. The van der Waals surface area contributed by atoms with Crippen LogP contribution in [0.1, 0.15) is 55.6 Å². The average Bonchev–Trinajstić information content (AvgIpc) is 2.46. The van der Waals surface area contributed by atoms with Gasteiger partial charge in [0.1, 0.15) is 5.15 Å². The van der Waals surface area contributed by atoms with E-state index in [9.17, 15) is 4.79 Å². The molecule has 1 aromatic heterocycles. The lowest BCUT2D eigenvalue weighted by Gasteiger charge is -2.08. The van der Waals surface area contributed by atoms with E-state index in [1.54, 1.807) is 6.07 Å². The van der Waals surface area contributed by atoms with Gasteiger partial charge in [-0.1, -0.05) is 38.3 Å². The minimum Gasteiger partial charge on any atom is -0.381 e. The number of unbranched alkanes of at least 4 members (excludes halogenated alkanes) is 1. The zero-order valence-corrected chi connectivity index (χ0v) is 13.7. The van der Waals surface area contributed by atoms with Crippen molar-refractivity contribution in [3.05, 3.63) is 28.5 Å². The smallest absolute Gasteiger partial charge is 0.251 e. The Morgan fingerprint density at radius 3 is 2.71 bits per heavy atom. The summed E-state index contributed by atoms with van der Waals surface area (Å²) in [7, 11) is 0. The van der Waals surface area contributed by atoms with Crippen LogP contribution in [0.4, 0.5) is 0 Å². The number of carbonyl (C=O) groups is 1. The lowest BCUT2D eigenvalue weighted by atomic mass is 10.1. The summed E-state index contributed by atoms with van der Waals surface area (Å²) in [6.07, 6.45) is 4.84. The summed E-state index contributed by atoms with van der Waals surface area (Å²) in [6.45, 7) is 6.29. The number of aryl methyl sites for hydroxylation is 1. The van der Waals surface area contributed by atoms with Crippen molar-refractivity contribution < 1.29 is 9.53 Å². The Labute approximate surface area is 132 Å². The fraction of sp³-hybridized carbons (Fsp3) is 0.625. The maximum atomic E-state index is 12.1. The maximum Gasteiger partial charge on any atom is 0.251 e. The third kappa shape index (κ3) is 7.44. The standard InChI is InChI=1S/C16H25ClN2O2/c1-3-5-9-21-10-6-8-18-16(20)13-11-14(7-4-2)19-15(17)12-13/h11-12H,3-10H2,1-2H3,(H,18,20). The molecule has 0 saturated carbocycles. The third-order valence-electron chi connectivity index (χ3n) is 3.01. The summed E-state index contributed by atoms with van der Waals surface area (Å²) >= 11 is 5.95. The Morgan fingerprint density at radius 1 is 1.24 bits per heavy atom. The highest BCUT2D eigenvalue weighted by Gasteiger charge is 2.08. The Kier molecular flexibility index (Phi) is 9.02. The molecule has 0 bridgehead atoms. The van der Waals surface area contributed by atoms with Crippen molar-refractivity contribution in [3.8, 4) is 0 Å². The van der Waals surface area contributed by atoms with E-state index in [0.717, 1.165) is 44.4 Å². The number of hydrogen-bond donors (Lipinski definition) is 1. The molecule has 1 rings (SSSR count). The lowest BCUT2D eigenvalue weighted by Crippen LogP contribution is -2.25. The molecule has 1 aromatic rings. The molecule has 0 aliphatic heterocycles. The second kappa shape index (κ2) is 10.6. The number of rotatable bonds is 10. The molecule has 0 radical (unpaired) electrons. The predicted octanol–water partition coefficient (Wildman–Crippen LogP) is 3.62. The maximum absolute atomic E-state index is 12.1. The number of halogens is 1. The van der Waals surface area contributed by atoms with Crippen molar-refractivity contribution in [2.75, 3.05) is 19.8 Å². The molecule has 0 aliphatic carbocycles. The van der Waals surface area contributed by atoms with Crippen molar-refractivity contribution in [1.82, 2.24) is 10.3 Å². The molecule has 0 saturated heterocycles. The van der Waals surface area contributed by atoms with Crippen LogP contribution in [0.25, 0.3) is 0 Å². The number of aromatic nitrogens is 1. The predicted molar refractivity (Wildman–Crippen MR) is 85.9 cm³/mol. The molecule has 0 spiro atoms. The fourth-order valence-corrected chi connectivity index (χ4v) is 2.12. The first-order valence-corrected chi connectivity index (χ1v) is 8.07. The van der Waals surface area contributed by atoms with Crippen LogP contribution in [0.2, 0.25) is 5.15 Å². The first kappa shape index (κ1) is 17.9. The highest BCUT2D eigenvalue weighted by Crippen LogP contribution is 2.12. The molecule has 0 atom stereocenters. The monoisotopic (exact) mass is 312 g/mol.